The molecule has 2 heterocycles. The molecule has 3 aromatic rings. The summed E-state index contributed by atoms with van der Waals surface area (Å²) >= 11 is 11.7. The zero-order valence-electron chi connectivity index (χ0n) is 21.7. The Morgan fingerprint density at radius 2 is 1.69 bits per heavy atom. The highest BCUT2D eigenvalue weighted by Gasteiger charge is 2.43. The van der Waals surface area contributed by atoms with E-state index in [0.717, 1.165) is 49.4 Å². The number of carbonyl (C=O) groups excluding carboxylic acids is 1. The standard InChI is InChI=1S/C21H25ClN2O.C10H11Cl/c1-4-9-21(10-5-2)14-24(18-7-6-15(3)12-17(18)21)20(25)16-8-11-23-19(22)13-16;1-2-3-4-9-5-7-10(11)8-6-9/h6-8,11-13H,4-5,9-10,14H2,1-3H3;3-8H,2H2,1H3/b;4-3+. The van der Waals surface area contributed by atoms with Gasteiger partial charge in [-0.15, -0.1) is 0 Å². The highest BCUT2D eigenvalue weighted by molar-refractivity contribution is 6.30. The van der Waals surface area contributed by atoms with Gasteiger partial charge in [-0.05, 0) is 67.6 Å². The van der Waals surface area contributed by atoms with Gasteiger partial charge >= 0.3 is 0 Å². The minimum atomic E-state index is 0.00323. The van der Waals surface area contributed by atoms with Crippen LogP contribution in [0.1, 0.15) is 79.9 Å². The minimum Gasteiger partial charge on any atom is -0.307 e. The number of amides is 1. The van der Waals surface area contributed by atoms with Crippen molar-refractivity contribution in [1.82, 2.24) is 4.98 Å². The first-order valence-electron chi connectivity index (χ1n) is 12.8. The molecular weight excluding hydrogens is 487 g/mol. The number of allylic oxidation sites excluding steroid dienone is 1. The van der Waals surface area contributed by atoms with Gasteiger partial charge in [0, 0.05) is 34.4 Å². The van der Waals surface area contributed by atoms with E-state index in [4.69, 9.17) is 23.2 Å². The summed E-state index contributed by atoms with van der Waals surface area (Å²) in [5, 5.41) is 1.14. The Hall–Kier alpha value is -2.62. The molecule has 0 unspecified atom stereocenters. The molecule has 3 nitrogen and oxygen atoms in total. The molecule has 1 aliphatic heterocycles. The summed E-state index contributed by atoms with van der Waals surface area (Å²) in [6.07, 6.45) is 11.3. The summed E-state index contributed by atoms with van der Waals surface area (Å²) in [5.74, 6) is 0.00323. The topological polar surface area (TPSA) is 33.2 Å². The quantitative estimate of drug-likeness (QED) is 0.289. The molecule has 2 aromatic carbocycles. The lowest BCUT2D eigenvalue weighted by molar-refractivity contribution is 0.0983. The molecule has 5 heteroatoms. The van der Waals surface area contributed by atoms with Crippen molar-refractivity contribution in [2.45, 2.75) is 65.2 Å². The van der Waals surface area contributed by atoms with Gasteiger partial charge in [0.25, 0.3) is 5.91 Å². The summed E-state index contributed by atoms with van der Waals surface area (Å²) in [6.45, 7) is 9.43. The number of hydrogen-bond donors (Lipinski definition) is 0. The van der Waals surface area contributed by atoms with Crippen molar-refractivity contribution < 1.29 is 4.79 Å². The summed E-state index contributed by atoms with van der Waals surface area (Å²) in [4.78, 5) is 19.1. The van der Waals surface area contributed by atoms with Crippen LogP contribution < -0.4 is 4.90 Å². The number of fused-ring (bicyclic) bond motifs is 1. The number of rotatable bonds is 7. The Balaban J connectivity index is 0.000000275. The van der Waals surface area contributed by atoms with Gasteiger partial charge in [-0.25, -0.2) is 4.98 Å². The lowest BCUT2D eigenvalue weighted by Crippen LogP contribution is -2.37. The van der Waals surface area contributed by atoms with Crippen LogP contribution in [-0.2, 0) is 5.41 Å². The fourth-order valence-electron chi connectivity index (χ4n) is 4.99. The first-order chi connectivity index (χ1) is 17.3. The third kappa shape index (κ3) is 6.78. The third-order valence-corrected chi connectivity index (χ3v) is 7.03. The van der Waals surface area contributed by atoms with E-state index >= 15 is 0 Å². The van der Waals surface area contributed by atoms with E-state index in [9.17, 15) is 4.79 Å². The van der Waals surface area contributed by atoms with Crippen molar-refractivity contribution in [2.24, 2.45) is 0 Å². The molecule has 0 saturated heterocycles. The maximum Gasteiger partial charge on any atom is 0.258 e. The van der Waals surface area contributed by atoms with Crippen molar-refractivity contribution in [3.63, 3.8) is 0 Å². The van der Waals surface area contributed by atoms with E-state index in [1.54, 1.807) is 18.3 Å². The van der Waals surface area contributed by atoms with Crippen LogP contribution in [0.2, 0.25) is 10.2 Å². The van der Waals surface area contributed by atoms with E-state index < -0.39 is 0 Å². The van der Waals surface area contributed by atoms with Gasteiger partial charge in [-0.3, -0.25) is 4.79 Å². The van der Waals surface area contributed by atoms with E-state index in [-0.39, 0.29) is 11.3 Å². The molecule has 4 rings (SSSR count). The van der Waals surface area contributed by atoms with E-state index in [1.807, 2.05) is 29.2 Å². The number of carbonyl (C=O) groups is 1. The van der Waals surface area contributed by atoms with Gasteiger partial charge in [0.1, 0.15) is 5.15 Å². The first kappa shape index (κ1) is 28.0. The first-order valence-corrected chi connectivity index (χ1v) is 13.6. The van der Waals surface area contributed by atoms with Gasteiger partial charge in [-0.1, -0.05) is 98.8 Å². The number of aromatic nitrogens is 1. The normalized spacial score (nSPS) is 13.9. The molecule has 0 saturated carbocycles. The van der Waals surface area contributed by atoms with Gasteiger partial charge < -0.3 is 4.90 Å². The van der Waals surface area contributed by atoms with Crippen molar-refractivity contribution in [3.8, 4) is 0 Å². The smallest absolute Gasteiger partial charge is 0.258 e. The lowest BCUT2D eigenvalue weighted by atomic mass is 9.74. The number of anilines is 1. The second kappa shape index (κ2) is 13.1. The second-order valence-electron chi connectivity index (χ2n) is 9.42. The molecular formula is C31H36Cl2N2O. The van der Waals surface area contributed by atoms with Crippen LogP contribution in [-0.4, -0.2) is 17.4 Å². The van der Waals surface area contributed by atoms with Gasteiger partial charge in [-0.2, -0.15) is 0 Å². The molecule has 0 spiro atoms. The molecule has 0 N–H and O–H groups in total. The summed E-state index contributed by atoms with van der Waals surface area (Å²) in [7, 11) is 0. The van der Waals surface area contributed by atoms with E-state index in [1.165, 1.54) is 16.7 Å². The number of halogens is 2. The number of hydrogen-bond acceptors (Lipinski definition) is 2. The van der Waals surface area contributed by atoms with Crippen molar-refractivity contribution in [1.29, 1.82) is 0 Å². The molecule has 0 radical (unpaired) electrons. The van der Waals surface area contributed by atoms with Crippen LogP contribution in [0.5, 0.6) is 0 Å². The molecule has 0 aliphatic carbocycles. The Labute approximate surface area is 226 Å². The predicted octanol–water partition coefficient (Wildman–Crippen LogP) is 9.31. The average molecular weight is 524 g/mol. The van der Waals surface area contributed by atoms with Crippen LogP contribution in [0.25, 0.3) is 6.08 Å². The molecule has 1 aliphatic rings. The lowest BCUT2D eigenvalue weighted by Gasteiger charge is -2.30. The van der Waals surface area contributed by atoms with E-state index in [0.29, 0.717) is 10.7 Å². The van der Waals surface area contributed by atoms with Crippen LogP contribution in [0.3, 0.4) is 0 Å². The molecule has 1 amide bonds. The molecule has 1 aromatic heterocycles. The molecule has 0 fully saturated rings. The Kier molecular flexibility index (Phi) is 10.2. The van der Waals surface area contributed by atoms with Crippen molar-refractivity contribution in [2.75, 3.05) is 11.4 Å². The zero-order valence-corrected chi connectivity index (χ0v) is 23.2. The Morgan fingerprint density at radius 1 is 1.00 bits per heavy atom. The average Bonchev–Trinajstić information content (AvgIpc) is 3.17. The van der Waals surface area contributed by atoms with E-state index in [2.05, 4.69) is 63.0 Å². The summed E-state index contributed by atoms with van der Waals surface area (Å²) < 4.78 is 0. The monoisotopic (exact) mass is 522 g/mol. The van der Waals surface area contributed by atoms with Crippen LogP contribution in [0, 0.1) is 6.92 Å². The summed E-state index contributed by atoms with van der Waals surface area (Å²) in [6, 6.07) is 17.7. The zero-order chi connectivity index (χ0) is 26.1. The molecule has 0 atom stereocenters. The van der Waals surface area contributed by atoms with Crippen LogP contribution >= 0.6 is 23.2 Å². The number of pyridine rings is 1. The second-order valence-corrected chi connectivity index (χ2v) is 10.2. The van der Waals surface area contributed by atoms with Gasteiger partial charge in [0.05, 0.1) is 0 Å². The van der Waals surface area contributed by atoms with Crippen LogP contribution in [0.15, 0.2) is 66.9 Å². The SMILES string of the molecule is CC/C=C/c1ccc(Cl)cc1.CCCC1(CCC)CN(C(=O)c2ccnc(Cl)c2)c2ccc(C)cc21. The summed E-state index contributed by atoms with van der Waals surface area (Å²) in [5.41, 5.74) is 5.47. The minimum absolute atomic E-state index is 0.00323. The Bertz CT molecular complexity index is 1180. The maximum atomic E-state index is 13.2. The highest BCUT2D eigenvalue weighted by Crippen LogP contribution is 2.47. The van der Waals surface area contributed by atoms with Gasteiger partial charge in [0.15, 0.2) is 0 Å². The number of nitrogens with zero attached hydrogens (tertiary/aromatic N) is 2. The number of aryl methyl sites for hydroxylation is 1. The third-order valence-electron chi connectivity index (χ3n) is 6.57. The molecule has 190 valence electrons. The maximum absolute atomic E-state index is 13.2. The highest BCUT2D eigenvalue weighted by atomic mass is 35.5. The predicted molar refractivity (Wildman–Crippen MR) is 154 cm³/mol. The Morgan fingerprint density at radius 3 is 2.31 bits per heavy atom. The van der Waals surface area contributed by atoms with Crippen molar-refractivity contribution >= 4 is 40.9 Å². The fourth-order valence-corrected chi connectivity index (χ4v) is 5.29. The van der Waals surface area contributed by atoms with Crippen molar-refractivity contribution in [3.05, 3.63) is 99.3 Å². The largest absolute Gasteiger partial charge is 0.307 e. The number of benzene rings is 2. The fraction of sp³-hybridized carbons (Fsp3) is 0.355. The van der Waals surface area contributed by atoms with Gasteiger partial charge in [0.2, 0.25) is 0 Å². The van der Waals surface area contributed by atoms with Crippen LogP contribution in [0.4, 0.5) is 5.69 Å². The molecule has 0 bridgehead atoms. The molecule has 36 heavy (non-hydrogen) atoms.